The van der Waals surface area contributed by atoms with Gasteiger partial charge >= 0.3 is 11.9 Å². The molecule has 0 saturated heterocycles. The molecule has 1 aromatic heterocycles. The van der Waals surface area contributed by atoms with E-state index in [1.54, 1.807) is 11.8 Å². The Labute approximate surface area is 137 Å². The second-order valence-corrected chi connectivity index (χ2v) is 7.79. The Morgan fingerprint density at radius 2 is 1.92 bits per heavy atom. The van der Waals surface area contributed by atoms with Crippen LogP contribution in [0.1, 0.15) is 12.5 Å². The molecule has 2 N–H and O–H groups in total. The van der Waals surface area contributed by atoms with Gasteiger partial charge in [0.1, 0.15) is 0 Å². The van der Waals surface area contributed by atoms with Crippen molar-refractivity contribution in [3.05, 3.63) is 38.5 Å². The number of rotatable bonds is 4. The number of alkyl halides is 3. The van der Waals surface area contributed by atoms with Crippen molar-refractivity contribution in [2.45, 2.75) is 18.0 Å². The van der Waals surface area contributed by atoms with Crippen LogP contribution >= 0.6 is 11.8 Å². The van der Waals surface area contributed by atoms with E-state index in [2.05, 4.69) is 4.98 Å². The van der Waals surface area contributed by atoms with Gasteiger partial charge in [-0.15, -0.1) is 11.8 Å². The average Bonchev–Trinajstić information content (AvgIpc) is 2.42. The highest BCUT2D eigenvalue weighted by molar-refractivity contribution is 7.99. The maximum absolute atomic E-state index is 13.1. The van der Waals surface area contributed by atoms with Crippen LogP contribution in [-0.4, -0.2) is 30.1 Å². The van der Waals surface area contributed by atoms with Crippen LogP contribution in [0.5, 0.6) is 0 Å². The molecule has 0 aliphatic heterocycles. The summed E-state index contributed by atoms with van der Waals surface area (Å²) in [7, 11) is -3.93. The molecule has 1 aromatic carbocycles. The number of H-pyrrole nitrogens is 1. The molecule has 0 aliphatic carbocycles. The van der Waals surface area contributed by atoms with E-state index in [-0.39, 0.29) is 20.5 Å². The van der Waals surface area contributed by atoms with Crippen LogP contribution in [0.3, 0.4) is 0 Å². The molecule has 24 heavy (non-hydrogen) atoms. The third-order valence-electron chi connectivity index (χ3n) is 2.86. The molecule has 0 bridgehead atoms. The number of benzene rings is 1. The largest absolute Gasteiger partial charge is 0.417 e. The monoisotopic (exact) mass is 383 g/mol. The first kappa shape index (κ1) is 18.4. The second kappa shape index (κ2) is 6.16. The zero-order valence-corrected chi connectivity index (χ0v) is 14.0. The van der Waals surface area contributed by atoms with Crippen molar-refractivity contribution in [1.29, 1.82) is 0 Å². The minimum Gasteiger partial charge on any atom is -0.305 e. The summed E-state index contributed by atoms with van der Waals surface area (Å²) in [5, 5.41) is -0.241. The van der Waals surface area contributed by atoms with Crippen molar-refractivity contribution in [2.75, 3.05) is 16.8 Å². The molecule has 0 spiro atoms. The quantitative estimate of drug-likeness (QED) is 0.776. The van der Waals surface area contributed by atoms with E-state index >= 15 is 0 Å². The molecule has 0 fully saturated rings. The van der Waals surface area contributed by atoms with Crippen LogP contribution in [0.4, 0.5) is 13.2 Å². The van der Waals surface area contributed by atoms with Crippen LogP contribution in [-0.2, 0) is 16.2 Å². The van der Waals surface area contributed by atoms with Gasteiger partial charge in [0.15, 0.2) is 0 Å². The third kappa shape index (κ3) is 3.75. The molecule has 2 rings (SSSR count). The van der Waals surface area contributed by atoms with E-state index in [0.29, 0.717) is 11.8 Å². The molecule has 132 valence electrons. The van der Waals surface area contributed by atoms with Gasteiger partial charge in [0.05, 0.1) is 22.7 Å². The van der Waals surface area contributed by atoms with Crippen LogP contribution in [0.25, 0.3) is 10.9 Å². The summed E-state index contributed by atoms with van der Waals surface area (Å²) in [5.41, 5.74) is -3.57. The SMILES string of the molecule is CCSc1cc2c(=O)n(NS(C)(=O)=O)c(=O)[nH]c2cc1C(F)(F)F. The minimum absolute atomic E-state index is 0.187. The summed E-state index contributed by atoms with van der Waals surface area (Å²) in [6, 6.07) is 1.66. The highest BCUT2D eigenvalue weighted by atomic mass is 32.2. The number of nitrogens with zero attached hydrogens (tertiary/aromatic N) is 1. The Balaban J connectivity index is 2.85. The molecule has 0 aliphatic rings. The van der Waals surface area contributed by atoms with Crippen molar-refractivity contribution >= 4 is 32.7 Å². The lowest BCUT2D eigenvalue weighted by molar-refractivity contribution is -0.139. The third-order valence-corrected chi connectivity index (χ3v) is 4.31. The van der Waals surface area contributed by atoms with Gasteiger partial charge in [0.2, 0.25) is 10.0 Å². The first-order valence-electron chi connectivity index (χ1n) is 6.45. The summed E-state index contributed by atoms with van der Waals surface area (Å²) in [5.74, 6) is 0.327. The zero-order chi connectivity index (χ0) is 18.3. The Morgan fingerprint density at radius 1 is 1.29 bits per heavy atom. The lowest BCUT2D eigenvalue weighted by atomic mass is 10.1. The number of nitrogens with one attached hydrogen (secondary N) is 2. The number of thioether (sulfide) groups is 1. The molecule has 0 saturated carbocycles. The lowest BCUT2D eigenvalue weighted by Gasteiger charge is -2.14. The summed E-state index contributed by atoms with van der Waals surface area (Å²) in [4.78, 5) is 27.7. The fourth-order valence-corrected chi connectivity index (χ4v) is 3.33. The Kier molecular flexibility index (Phi) is 4.72. The van der Waals surface area contributed by atoms with E-state index in [4.69, 9.17) is 0 Å². The highest BCUT2D eigenvalue weighted by Gasteiger charge is 2.34. The first-order valence-corrected chi connectivity index (χ1v) is 9.32. The Morgan fingerprint density at radius 3 is 2.42 bits per heavy atom. The molecular formula is C12H12F3N3O4S2. The van der Waals surface area contributed by atoms with Gasteiger partial charge in [-0.05, 0) is 17.9 Å². The van der Waals surface area contributed by atoms with Gasteiger partial charge in [-0.25, -0.2) is 18.0 Å². The van der Waals surface area contributed by atoms with Gasteiger partial charge in [-0.3, -0.25) is 4.79 Å². The van der Waals surface area contributed by atoms with Gasteiger partial charge in [0.25, 0.3) is 5.56 Å². The number of sulfonamides is 1. The van der Waals surface area contributed by atoms with Crippen molar-refractivity contribution in [1.82, 2.24) is 9.66 Å². The number of hydrogen-bond donors (Lipinski definition) is 2. The number of halogens is 3. The Hall–Kier alpha value is -1.95. The summed E-state index contributed by atoms with van der Waals surface area (Å²) < 4.78 is 62.0. The van der Waals surface area contributed by atoms with Crippen molar-refractivity contribution in [2.24, 2.45) is 0 Å². The number of aromatic amines is 1. The van der Waals surface area contributed by atoms with Gasteiger partial charge in [-0.2, -0.15) is 17.8 Å². The van der Waals surface area contributed by atoms with Gasteiger partial charge in [-0.1, -0.05) is 6.92 Å². The van der Waals surface area contributed by atoms with Gasteiger partial charge in [0, 0.05) is 4.90 Å². The maximum atomic E-state index is 13.1. The molecular weight excluding hydrogens is 371 g/mol. The van der Waals surface area contributed by atoms with Crippen molar-refractivity contribution in [3.8, 4) is 0 Å². The topological polar surface area (TPSA) is 101 Å². The van der Waals surface area contributed by atoms with Crippen LogP contribution in [0.15, 0.2) is 26.6 Å². The zero-order valence-electron chi connectivity index (χ0n) is 12.4. The van der Waals surface area contributed by atoms with Gasteiger partial charge < -0.3 is 4.98 Å². The lowest BCUT2D eigenvalue weighted by Crippen LogP contribution is -2.43. The Bertz CT molecular complexity index is 1010. The number of hydrogen-bond acceptors (Lipinski definition) is 5. The van der Waals surface area contributed by atoms with Crippen LogP contribution in [0, 0.1) is 0 Å². The van der Waals surface area contributed by atoms with Crippen molar-refractivity contribution in [3.63, 3.8) is 0 Å². The number of aromatic nitrogens is 2. The molecule has 2 aromatic rings. The molecule has 12 heteroatoms. The smallest absolute Gasteiger partial charge is 0.305 e. The van der Waals surface area contributed by atoms with Crippen LogP contribution < -0.4 is 16.1 Å². The predicted molar refractivity (Wildman–Crippen MR) is 84.4 cm³/mol. The van der Waals surface area contributed by atoms with E-state index < -0.39 is 33.0 Å². The first-order chi connectivity index (χ1) is 10.9. The molecule has 7 nitrogen and oxygen atoms in total. The van der Waals surface area contributed by atoms with E-state index in [1.807, 2.05) is 0 Å². The van der Waals surface area contributed by atoms with E-state index in [0.717, 1.165) is 24.1 Å². The normalized spacial score (nSPS) is 12.5. The fraction of sp³-hybridized carbons (Fsp3) is 0.333. The summed E-state index contributed by atoms with van der Waals surface area (Å²) >= 11 is 0.877. The summed E-state index contributed by atoms with van der Waals surface area (Å²) in [6.07, 6.45) is -3.93. The molecule has 1 heterocycles. The molecule has 0 amide bonds. The van der Waals surface area contributed by atoms with Crippen LogP contribution in [0.2, 0.25) is 0 Å². The minimum atomic E-state index is -4.66. The molecule has 0 radical (unpaired) electrons. The van der Waals surface area contributed by atoms with Crippen molar-refractivity contribution < 1.29 is 21.6 Å². The maximum Gasteiger partial charge on any atom is 0.417 e. The molecule has 0 unspecified atom stereocenters. The fourth-order valence-electron chi connectivity index (χ4n) is 1.99. The highest BCUT2D eigenvalue weighted by Crippen LogP contribution is 2.38. The second-order valence-electron chi connectivity index (χ2n) is 4.76. The average molecular weight is 383 g/mol. The summed E-state index contributed by atoms with van der Waals surface area (Å²) in [6.45, 7) is 1.64. The molecule has 0 atom stereocenters. The van der Waals surface area contributed by atoms with E-state index in [9.17, 15) is 31.2 Å². The predicted octanol–water partition coefficient (Wildman–Crippen LogP) is 1.32. The standard InChI is InChI=1S/C12H12F3N3O4S2/c1-3-23-9-4-6-8(5-7(9)12(13,14)15)16-11(20)18(10(6)19)17-24(2,21)22/h4-5,17H,3H2,1-2H3,(H,16,20). The number of fused-ring (bicyclic) bond motifs is 1. The van der Waals surface area contributed by atoms with E-state index in [1.165, 1.54) is 0 Å².